The van der Waals surface area contributed by atoms with Gasteiger partial charge in [0, 0.05) is 11.4 Å². The van der Waals surface area contributed by atoms with Crippen molar-refractivity contribution in [3.8, 4) is 0 Å². The Bertz CT molecular complexity index is 988. The van der Waals surface area contributed by atoms with Gasteiger partial charge in [0.05, 0.1) is 16.5 Å². The predicted octanol–water partition coefficient (Wildman–Crippen LogP) is 5.09. The first kappa shape index (κ1) is 21.7. The van der Waals surface area contributed by atoms with Crippen LogP contribution >= 0.6 is 11.8 Å². The fourth-order valence-corrected chi connectivity index (χ4v) is 3.83. The molecule has 0 saturated heterocycles. The van der Waals surface area contributed by atoms with E-state index in [-0.39, 0.29) is 17.1 Å². The summed E-state index contributed by atoms with van der Waals surface area (Å²) in [5.74, 6) is -0.328. The van der Waals surface area contributed by atoms with Gasteiger partial charge in [-0.25, -0.2) is 0 Å². The molecule has 0 aliphatic heterocycles. The van der Waals surface area contributed by atoms with Crippen molar-refractivity contribution < 1.29 is 9.59 Å². The molecule has 3 aromatic rings. The average molecular weight is 419 g/mol. The monoisotopic (exact) mass is 418 g/mol. The number of benzene rings is 3. The summed E-state index contributed by atoms with van der Waals surface area (Å²) in [6, 6.07) is 25.2. The lowest BCUT2D eigenvalue weighted by Gasteiger charge is -2.15. The second-order valence-corrected chi connectivity index (χ2v) is 8.51. The first-order valence-corrected chi connectivity index (χ1v) is 10.9. The van der Waals surface area contributed by atoms with Gasteiger partial charge in [0.2, 0.25) is 5.91 Å². The summed E-state index contributed by atoms with van der Waals surface area (Å²) in [4.78, 5) is 26.4. The van der Waals surface area contributed by atoms with Gasteiger partial charge in [-0.15, -0.1) is 11.8 Å². The highest BCUT2D eigenvalue weighted by Crippen LogP contribution is 2.25. The molecule has 0 saturated carbocycles. The Hall–Kier alpha value is -3.05. The summed E-state index contributed by atoms with van der Waals surface area (Å²) in [7, 11) is 0. The van der Waals surface area contributed by atoms with Crippen molar-refractivity contribution >= 4 is 29.3 Å². The number of hydrogen-bond acceptors (Lipinski definition) is 3. The number of anilines is 1. The molecule has 154 valence electrons. The molecule has 30 heavy (non-hydrogen) atoms. The Balaban J connectivity index is 1.58. The van der Waals surface area contributed by atoms with Gasteiger partial charge >= 0.3 is 0 Å². The Morgan fingerprint density at radius 1 is 0.900 bits per heavy atom. The minimum absolute atomic E-state index is 0.134. The molecular weight excluding hydrogens is 392 g/mol. The van der Waals surface area contributed by atoms with Crippen molar-refractivity contribution in [2.45, 2.75) is 30.4 Å². The summed E-state index contributed by atoms with van der Waals surface area (Å²) in [5, 5.41) is 5.56. The van der Waals surface area contributed by atoms with E-state index in [0.717, 1.165) is 11.3 Å². The normalized spacial score (nSPS) is 11.5. The zero-order valence-corrected chi connectivity index (χ0v) is 18.0. The van der Waals surface area contributed by atoms with Crippen LogP contribution in [0.5, 0.6) is 0 Å². The third-order valence-corrected chi connectivity index (χ3v) is 5.79. The van der Waals surface area contributed by atoms with Crippen LogP contribution in [0, 0.1) is 6.92 Å². The van der Waals surface area contributed by atoms with Gasteiger partial charge in [-0.2, -0.15) is 0 Å². The average Bonchev–Trinajstić information content (AvgIpc) is 2.76. The van der Waals surface area contributed by atoms with Crippen molar-refractivity contribution in [3.63, 3.8) is 0 Å². The number of nitrogens with one attached hydrogen (secondary N) is 2. The summed E-state index contributed by atoms with van der Waals surface area (Å²) < 4.78 is 0. The van der Waals surface area contributed by atoms with E-state index in [2.05, 4.69) is 10.6 Å². The van der Waals surface area contributed by atoms with Crippen LogP contribution in [0.4, 0.5) is 5.69 Å². The van der Waals surface area contributed by atoms with E-state index in [1.165, 1.54) is 22.9 Å². The van der Waals surface area contributed by atoms with E-state index in [4.69, 9.17) is 0 Å². The molecule has 2 N–H and O–H groups in total. The minimum Gasteiger partial charge on any atom is -0.352 e. The van der Waals surface area contributed by atoms with Crippen molar-refractivity contribution in [3.05, 3.63) is 95.6 Å². The SMILES string of the molecule is Cc1ccc(S[C@H](C)C(=O)Nc2ccccc2C(=O)NCCc2ccccc2)cc1. The lowest BCUT2D eigenvalue weighted by atomic mass is 10.1. The smallest absolute Gasteiger partial charge is 0.253 e. The van der Waals surface area contributed by atoms with E-state index in [0.29, 0.717) is 17.8 Å². The predicted molar refractivity (Wildman–Crippen MR) is 124 cm³/mol. The quantitative estimate of drug-likeness (QED) is 0.501. The summed E-state index contributed by atoms with van der Waals surface area (Å²) in [6.45, 7) is 4.43. The highest BCUT2D eigenvalue weighted by molar-refractivity contribution is 8.00. The molecule has 0 aliphatic rings. The van der Waals surface area contributed by atoms with E-state index in [9.17, 15) is 9.59 Å². The molecule has 0 heterocycles. The molecule has 0 spiro atoms. The van der Waals surface area contributed by atoms with Crippen LogP contribution < -0.4 is 10.6 Å². The molecule has 4 nitrogen and oxygen atoms in total. The van der Waals surface area contributed by atoms with E-state index < -0.39 is 0 Å². The molecule has 0 aromatic heterocycles. The molecule has 1 atom stereocenters. The van der Waals surface area contributed by atoms with Crippen LogP contribution in [0.1, 0.15) is 28.4 Å². The van der Waals surface area contributed by atoms with Gasteiger partial charge in [0.25, 0.3) is 5.91 Å². The third kappa shape index (κ3) is 6.22. The summed E-state index contributed by atoms with van der Waals surface area (Å²) >= 11 is 1.49. The number of hydrogen-bond donors (Lipinski definition) is 2. The molecule has 0 radical (unpaired) electrons. The van der Waals surface area contributed by atoms with Gasteiger partial charge in [0.15, 0.2) is 0 Å². The topological polar surface area (TPSA) is 58.2 Å². The number of amides is 2. The molecule has 2 amide bonds. The number of carbonyl (C=O) groups excluding carboxylic acids is 2. The zero-order valence-electron chi connectivity index (χ0n) is 17.2. The van der Waals surface area contributed by atoms with E-state index >= 15 is 0 Å². The fraction of sp³-hybridized carbons (Fsp3) is 0.200. The molecule has 5 heteroatoms. The lowest BCUT2D eigenvalue weighted by molar-refractivity contribution is -0.115. The van der Waals surface area contributed by atoms with Gasteiger partial charge in [-0.3, -0.25) is 9.59 Å². The third-order valence-electron chi connectivity index (χ3n) is 4.67. The highest BCUT2D eigenvalue weighted by atomic mass is 32.2. The molecule has 0 aliphatic carbocycles. The minimum atomic E-state index is -0.290. The summed E-state index contributed by atoms with van der Waals surface area (Å²) in [6.07, 6.45) is 0.755. The number of aryl methyl sites for hydroxylation is 1. The maximum atomic E-state index is 12.7. The van der Waals surface area contributed by atoms with Crippen LogP contribution in [0.25, 0.3) is 0 Å². The van der Waals surface area contributed by atoms with Gasteiger partial charge in [-0.05, 0) is 50.1 Å². The Kier molecular flexibility index (Phi) is 7.69. The Labute approximate surface area is 182 Å². The molecule has 0 fully saturated rings. The molecule has 0 bridgehead atoms. The van der Waals surface area contributed by atoms with E-state index in [1.54, 1.807) is 18.2 Å². The molecule has 3 rings (SSSR count). The van der Waals surface area contributed by atoms with E-state index in [1.807, 2.05) is 74.5 Å². The summed E-state index contributed by atoms with van der Waals surface area (Å²) in [5.41, 5.74) is 3.34. The van der Waals surface area contributed by atoms with Crippen LogP contribution in [0.15, 0.2) is 83.8 Å². The molecule has 3 aromatic carbocycles. The zero-order chi connectivity index (χ0) is 21.3. The second-order valence-electron chi connectivity index (χ2n) is 7.10. The number of thioether (sulfide) groups is 1. The van der Waals surface area contributed by atoms with Crippen molar-refractivity contribution in [2.24, 2.45) is 0 Å². The van der Waals surface area contributed by atoms with Crippen molar-refractivity contribution in [1.82, 2.24) is 5.32 Å². The highest BCUT2D eigenvalue weighted by Gasteiger charge is 2.18. The van der Waals surface area contributed by atoms with Crippen LogP contribution in [-0.4, -0.2) is 23.6 Å². The standard InChI is InChI=1S/C25H26N2O2S/c1-18-12-14-21(15-13-18)30-19(2)24(28)27-23-11-7-6-10-22(23)25(29)26-17-16-20-8-4-3-5-9-20/h3-15,19H,16-17H2,1-2H3,(H,26,29)(H,27,28)/t19-/m1/s1. The maximum absolute atomic E-state index is 12.7. The fourth-order valence-electron chi connectivity index (χ4n) is 2.96. The Morgan fingerprint density at radius 3 is 2.30 bits per heavy atom. The van der Waals surface area contributed by atoms with Gasteiger partial charge in [-0.1, -0.05) is 60.2 Å². The maximum Gasteiger partial charge on any atom is 0.253 e. The number of rotatable bonds is 8. The second kappa shape index (κ2) is 10.6. The van der Waals surface area contributed by atoms with Crippen molar-refractivity contribution in [2.75, 3.05) is 11.9 Å². The number of carbonyl (C=O) groups is 2. The van der Waals surface area contributed by atoms with Crippen molar-refractivity contribution in [1.29, 1.82) is 0 Å². The van der Waals surface area contributed by atoms with Crippen LogP contribution in [0.2, 0.25) is 0 Å². The van der Waals surface area contributed by atoms with Gasteiger partial charge in [0.1, 0.15) is 0 Å². The lowest BCUT2D eigenvalue weighted by Crippen LogP contribution is -2.28. The Morgan fingerprint density at radius 2 is 1.57 bits per heavy atom. The first-order valence-electron chi connectivity index (χ1n) is 9.98. The molecule has 0 unspecified atom stereocenters. The first-order chi connectivity index (χ1) is 14.5. The van der Waals surface area contributed by atoms with Crippen LogP contribution in [-0.2, 0) is 11.2 Å². The number of para-hydroxylation sites is 1. The molecular formula is C25H26N2O2S. The van der Waals surface area contributed by atoms with Gasteiger partial charge < -0.3 is 10.6 Å². The largest absolute Gasteiger partial charge is 0.352 e. The van der Waals surface area contributed by atoms with Crippen LogP contribution in [0.3, 0.4) is 0 Å².